The largest absolute Gasteiger partial charge is 0.493 e. The smallest absolute Gasteiger partial charge is 0.163 e. The van der Waals surface area contributed by atoms with Crippen LogP contribution in [0.25, 0.3) is 10.9 Å². The number of nitrogens with one attached hydrogen (secondary N) is 1. The summed E-state index contributed by atoms with van der Waals surface area (Å²) in [6.45, 7) is 3.70. The number of morpholine rings is 1. The zero-order valence-corrected chi connectivity index (χ0v) is 19.8. The minimum Gasteiger partial charge on any atom is -0.493 e. The number of fused-ring (bicyclic) bond motifs is 1. The van der Waals surface area contributed by atoms with Gasteiger partial charge in [-0.25, -0.2) is 14.4 Å². The lowest BCUT2D eigenvalue weighted by atomic mass is 9.96. The maximum Gasteiger partial charge on any atom is 0.163 e. The number of methoxy groups -OCH3 is 1. The van der Waals surface area contributed by atoms with Crippen LogP contribution < -0.4 is 25.2 Å². The van der Waals surface area contributed by atoms with Crippen molar-refractivity contribution in [1.29, 1.82) is 0 Å². The molecule has 0 saturated carbocycles. The highest BCUT2D eigenvalue weighted by Crippen LogP contribution is 2.35. The number of anilines is 3. The van der Waals surface area contributed by atoms with Crippen LogP contribution in [0.15, 0.2) is 60.9 Å². The van der Waals surface area contributed by atoms with Crippen molar-refractivity contribution in [3.05, 3.63) is 72.3 Å². The summed E-state index contributed by atoms with van der Waals surface area (Å²) in [4.78, 5) is 11.0. The molecule has 1 fully saturated rings. The first-order valence-corrected chi connectivity index (χ1v) is 11.5. The summed E-state index contributed by atoms with van der Waals surface area (Å²) in [5.74, 6) is 1.26. The molecule has 4 aromatic rings. The summed E-state index contributed by atoms with van der Waals surface area (Å²) in [7, 11) is 3.43. The summed E-state index contributed by atoms with van der Waals surface area (Å²) in [5.41, 5.74) is 4.08. The van der Waals surface area contributed by atoms with Crippen molar-refractivity contribution in [3.8, 4) is 11.5 Å². The number of hydrogen-bond acceptors (Lipinski definition) is 7. The van der Waals surface area contributed by atoms with Crippen molar-refractivity contribution < 1.29 is 18.6 Å². The number of rotatable bonds is 7. The Balaban J connectivity index is 1.35. The maximum absolute atomic E-state index is 14.4. The SMILES string of the molecule is Bc1ccc(Nc2ncnc3cc(OCc4ccc(N5CCOCC5)cc4)c(OC)cc23)c(F)c1. The van der Waals surface area contributed by atoms with E-state index in [0.717, 1.165) is 37.3 Å². The quantitative estimate of drug-likeness (QED) is 0.415. The molecule has 0 amide bonds. The average molecular weight is 472 g/mol. The van der Waals surface area contributed by atoms with Crippen LogP contribution in [0, 0.1) is 5.82 Å². The van der Waals surface area contributed by atoms with Crippen LogP contribution in [0.2, 0.25) is 0 Å². The molecule has 0 bridgehead atoms. The van der Waals surface area contributed by atoms with E-state index < -0.39 is 0 Å². The summed E-state index contributed by atoms with van der Waals surface area (Å²) in [5, 5.41) is 3.77. The second-order valence-corrected chi connectivity index (χ2v) is 8.41. The lowest BCUT2D eigenvalue weighted by Gasteiger charge is -2.28. The van der Waals surface area contributed by atoms with Gasteiger partial charge in [0.2, 0.25) is 0 Å². The van der Waals surface area contributed by atoms with Crippen LogP contribution in [0.3, 0.4) is 0 Å². The molecule has 5 rings (SSSR count). The standard InChI is InChI=1S/C26H26BFN4O3/c1-33-24-13-20-23(29-16-30-26(20)31-22-7-4-18(27)12-21(22)28)14-25(24)35-15-17-2-5-19(6-3-17)32-8-10-34-11-9-32/h2-7,12-14,16H,8-11,15,27H2,1H3,(H,29,30,31). The number of aromatic nitrogens is 2. The predicted octanol–water partition coefficient (Wildman–Crippen LogP) is 3.20. The van der Waals surface area contributed by atoms with Gasteiger partial charge in [-0.1, -0.05) is 23.7 Å². The number of benzene rings is 3. The number of ether oxygens (including phenoxy) is 3. The fraction of sp³-hybridized carbons (Fsp3) is 0.231. The Morgan fingerprint density at radius 2 is 1.83 bits per heavy atom. The highest BCUT2D eigenvalue weighted by molar-refractivity contribution is 6.32. The zero-order valence-electron chi connectivity index (χ0n) is 19.8. The third-order valence-electron chi connectivity index (χ3n) is 6.01. The highest BCUT2D eigenvalue weighted by Gasteiger charge is 2.14. The van der Waals surface area contributed by atoms with Crippen molar-refractivity contribution in [2.75, 3.05) is 43.6 Å². The molecule has 0 aliphatic carbocycles. The van der Waals surface area contributed by atoms with E-state index in [0.29, 0.717) is 40.5 Å². The minimum atomic E-state index is -0.344. The van der Waals surface area contributed by atoms with E-state index in [1.54, 1.807) is 19.2 Å². The Morgan fingerprint density at radius 1 is 1.03 bits per heavy atom. The van der Waals surface area contributed by atoms with Crippen LogP contribution in [-0.4, -0.2) is 51.2 Å². The highest BCUT2D eigenvalue weighted by atomic mass is 19.1. The topological polar surface area (TPSA) is 68.7 Å². The predicted molar refractivity (Wildman–Crippen MR) is 138 cm³/mol. The molecule has 0 atom stereocenters. The molecular formula is C26H26BFN4O3. The first-order valence-electron chi connectivity index (χ1n) is 11.5. The molecule has 0 unspecified atom stereocenters. The monoisotopic (exact) mass is 472 g/mol. The molecule has 3 aromatic carbocycles. The van der Waals surface area contributed by atoms with Gasteiger partial charge < -0.3 is 24.4 Å². The van der Waals surface area contributed by atoms with Crippen LogP contribution in [0.4, 0.5) is 21.6 Å². The lowest BCUT2D eigenvalue weighted by molar-refractivity contribution is 0.122. The van der Waals surface area contributed by atoms with E-state index in [4.69, 9.17) is 14.2 Å². The number of halogens is 1. The van der Waals surface area contributed by atoms with Crippen molar-refractivity contribution in [1.82, 2.24) is 9.97 Å². The van der Waals surface area contributed by atoms with E-state index in [1.165, 1.54) is 18.1 Å². The van der Waals surface area contributed by atoms with Gasteiger partial charge in [0.25, 0.3) is 0 Å². The second kappa shape index (κ2) is 10.2. The number of hydrogen-bond donors (Lipinski definition) is 1. The molecular weight excluding hydrogens is 446 g/mol. The van der Waals surface area contributed by atoms with Crippen LogP contribution in [0.5, 0.6) is 11.5 Å². The number of nitrogens with zero attached hydrogens (tertiary/aromatic N) is 3. The van der Waals surface area contributed by atoms with Gasteiger partial charge in [0, 0.05) is 30.2 Å². The van der Waals surface area contributed by atoms with Gasteiger partial charge in [-0.3, -0.25) is 0 Å². The maximum atomic E-state index is 14.4. The molecule has 7 nitrogen and oxygen atoms in total. The van der Waals surface area contributed by atoms with Crippen molar-refractivity contribution in [3.63, 3.8) is 0 Å². The van der Waals surface area contributed by atoms with Gasteiger partial charge in [-0.15, -0.1) is 0 Å². The summed E-state index contributed by atoms with van der Waals surface area (Å²) in [6.07, 6.45) is 1.44. The third kappa shape index (κ3) is 5.15. The average Bonchev–Trinajstić information content (AvgIpc) is 2.89. The molecule has 35 heavy (non-hydrogen) atoms. The summed E-state index contributed by atoms with van der Waals surface area (Å²) in [6, 6.07) is 17.0. The Kier molecular flexibility index (Phi) is 6.67. The molecule has 178 valence electrons. The van der Waals surface area contributed by atoms with Gasteiger partial charge in [0.1, 0.15) is 32.4 Å². The first-order chi connectivity index (χ1) is 17.1. The first kappa shape index (κ1) is 22.9. The van der Waals surface area contributed by atoms with Gasteiger partial charge in [-0.2, -0.15) is 0 Å². The van der Waals surface area contributed by atoms with Crippen molar-refractivity contribution in [2.45, 2.75) is 6.61 Å². The molecule has 9 heteroatoms. The van der Waals surface area contributed by atoms with E-state index in [-0.39, 0.29) is 5.82 Å². The molecule has 1 aliphatic heterocycles. The van der Waals surface area contributed by atoms with Crippen LogP contribution >= 0.6 is 0 Å². The molecule has 1 saturated heterocycles. The minimum absolute atomic E-state index is 0.343. The molecule has 2 heterocycles. The Labute approximate surface area is 204 Å². The van der Waals surface area contributed by atoms with E-state index in [1.807, 2.05) is 20.0 Å². The van der Waals surface area contributed by atoms with Gasteiger partial charge in [-0.05, 0) is 35.9 Å². The van der Waals surface area contributed by atoms with Crippen LogP contribution in [0.1, 0.15) is 5.56 Å². The summed E-state index contributed by atoms with van der Waals surface area (Å²) < 4.78 is 31.5. The fourth-order valence-electron chi connectivity index (χ4n) is 4.07. The molecule has 1 aliphatic rings. The normalized spacial score (nSPS) is 13.6. The molecule has 0 radical (unpaired) electrons. The van der Waals surface area contributed by atoms with Crippen molar-refractivity contribution >= 4 is 41.4 Å². The zero-order chi connectivity index (χ0) is 24.2. The molecule has 1 aromatic heterocycles. The van der Waals surface area contributed by atoms with Gasteiger partial charge >= 0.3 is 0 Å². The lowest BCUT2D eigenvalue weighted by Crippen LogP contribution is -2.36. The van der Waals surface area contributed by atoms with Crippen LogP contribution in [-0.2, 0) is 11.3 Å². The molecule has 1 N–H and O–H groups in total. The Bertz CT molecular complexity index is 1330. The van der Waals surface area contributed by atoms with E-state index in [9.17, 15) is 4.39 Å². The third-order valence-corrected chi connectivity index (χ3v) is 6.01. The van der Waals surface area contributed by atoms with Gasteiger partial charge in [0.05, 0.1) is 31.5 Å². The Hall–Kier alpha value is -3.85. The van der Waals surface area contributed by atoms with E-state index >= 15 is 0 Å². The van der Waals surface area contributed by atoms with Gasteiger partial charge in [0.15, 0.2) is 11.5 Å². The Morgan fingerprint density at radius 3 is 2.57 bits per heavy atom. The summed E-state index contributed by atoms with van der Waals surface area (Å²) >= 11 is 0. The van der Waals surface area contributed by atoms with E-state index in [2.05, 4.69) is 44.5 Å². The second-order valence-electron chi connectivity index (χ2n) is 8.41. The fourth-order valence-corrected chi connectivity index (χ4v) is 4.07. The van der Waals surface area contributed by atoms with Crippen molar-refractivity contribution in [2.24, 2.45) is 0 Å². The molecule has 0 spiro atoms.